The Balaban J connectivity index is 2.76. The molecule has 0 saturated carbocycles. The van der Waals surface area contributed by atoms with Gasteiger partial charge in [0.15, 0.2) is 0 Å². The van der Waals surface area contributed by atoms with E-state index in [0.717, 1.165) is 23.5 Å². The molecule has 0 aliphatic heterocycles. The number of nitriles is 1. The van der Waals surface area contributed by atoms with E-state index < -0.39 is 0 Å². The minimum Gasteiger partial charge on any atom is -0.399 e. The van der Waals surface area contributed by atoms with Crippen LogP contribution >= 0.6 is 0 Å². The molecule has 0 fully saturated rings. The van der Waals surface area contributed by atoms with Crippen LogP contribution in [0.5, 0.6) is 0 Å². The van der Waals surface area contributed by atoms with Gasteiger partial charge in [-0.25, -0.2) is 0 Å². The van der Waals surface area contributed by atoms with Gasteiger partial charge >= 0.3 is 0 Å². The summed E-state index contributed by atoms with van der Waals surface area (Å²) in [7, 11) is 1.97. The van der Waals surface area contributed by atoms with Crippen LogP contribution in [0.15, 0.2) is 18.2 Å². The van der Waals surface area contributed by atoms with Crippen molar-refractivity contribution in [3.8, 4) is 6.07 Å². The number of rotatable bonds is 3. The molecule has 0 aromatic heterocycles. The fourth-order valence-corrected chi connectivity index (χ4v) is 1.24. The molecule has 0 amide bonds. The Kier molecular flexibility index (Phi) is 3.35. The van der Waals surface area contributed by atoms with E-state index in [4.69, 9.17) is 11.0 Å². The maximum atomic E-state index is 8.46. The summed E-state index contributed by atoms with van der Waals surface area (Å²) in [6.07, 6.45) is 0.542. The van der Waals surface area contributed by atoms with Crippen molar-refractivity contribution >= 4 is 11.4 Å². The van der Waals surface area contributed by atoms with Crippen molar-refractivity contribution < 1.29 is 0 Å². The summed E-state index contributed by atoms with van der Waals surface area (Å²) in [5.41, 5.74) is 8.70. The largest absolute Gasteiger partial charge is 0.399 e. The monoisotopic (exact) mass is 189 g/mol. The summed E-state index contributed by atoms with van der Waals surface area (Å²) in [5, 5.41) is 8.46. The third-order valence-electron chi connectivity index (χ3n) is 2.25. The number of nitrogens with two attached hydrogens (primary N) is 1. The number of nitrogen functional groups attached to an aromatic ring is 1. The van der Waals surface area contributed by atoms with Crippen LogP contribution in [0.3, 0.4) is 0 Å². The number of nitrogens with zero attached hydrogens (tertiary/aromatic N) is 2. The molecule has 3 nitrogen and oxygen atoms in total. The van der Waals surface area contributed by atoms with Crippen LogP contribution in [0, 0.1) is 18.3 Å². The normalized spacial score (nSPS) is 9.50. The first-order valence-electron chi connectivity index (χ1n) is 4.59. The molecule has 0 aliphatic carbocycles. The minimum atomic E-state index is 0.542. The van der Waals surface area contributed by atoms with Crippen LogP contribution in [-0.4, -0.2) is 13.6 Å². The molecule has 3 heteroatoms. The highest BCUT2D eigenvalue weighted by Gasteiger charge is 2.01. The number of benzene rings is 1. The summed E-state index contributed by atoms with van der Waals surface area (Å²) >= 11 is 0. The molecule has 1 aromatic rings. The zero-order valence-electron chi connectivity index (χ0n) is 8.62. The van der Waals surface area contributed by atoms with Crippen LogP contribution in [0.25, 0.3) is 0 Å². The lowest BCUT2D eigenvalue weighted by molar-refractivity contribution is 0.905. The third-order valence-corrected chi connectivity index (χ3v) is 2.25. The molecule has 0 spiro atoms. The van der Waals surface area contributed by atoms with Crippen molar-refractivity contribution in [1.29, 1.82) is 5.26 Å². The zero-order chi connectivity index (χ0) is 10.6. The molecule has 0 bridgehead atoms. The van der Waals surface area contributed by atoms with E-state index in [9.17, 15) is 0 Å². The lowest BCUT2D eigenvalue weighted by Gasteiger charge is -2.18. The number of hydrogen-bond donors (Lipinski definition) is 1. The molecule has 0 atom stereocenters. The predicted molar refractivity (Wildman–Crippen MR) is 59.1 cm³/mol. The number of hydrogen-bond acceptors (Lipinski definition) is 3. The van der Waals surface area contributed by atoms with E-state index in [1.165, 1.54) is 0 Å². The predicted octanol–water partition coefficient (Wildman–Crippen LogP) is 1.93. The summed E-state index contributed by atoms with van der Waals surface area (Å²) in [4.78, 5) is 2.05. The average molecular weight is 189 g/mol. The summed E-state index contributed by atoms with van der Waals surface area (Å²) in [5.74, 6) is 0. The standard InChI is InChI=1S/C11H15N3/c1-9-8-10(4-5-11(9)13)14(2)7-3-6-12/h4-5,8H,3,7,13H2,1-2H3. The minimum absolute atomic E-state index is 0.542. The van der Waals surface area contributed by atoms with Crippen molar-refractivity contribution in [1.82, 2.24) is 0 Å². The lowest BCUT2D eigenvalue weighted by Crippen LogP contribution is -2.18. The topological polar surface area (TPSA) is 53.0 Å². The zero-order valence-corrected chi connectivity index (χ0v) is 8.62. The van der Waals surface area contributed by atoms with Crippen molar-refractivity contribution in [2.24, 2.45) is 0 Å². The van der Waals surface area contributed by atoms with E-state index in [1.54, 1.807) is 0 Å². The number of anilines is 2. The van der Waals surface area contributed by atoms with Gasteiger partial charge in [0.2, 0.25) is 0 Å². The fraction of sp³-hybridized carbons (Fsp3) is 0.364. The molecule has 0 radical (unpaired) electrons. The van der Waals surface area contributed by atoms with Crippen LogP contribution in [-0.2, 0) is 0 Å². The average Bonchev–Trinajstić information content (AvgIpc) is 2.18. The van der Waals surface area contributed by atoms with Gasteiger partial charge in [-0.3, -0.25) is 0 Å². The van der Waals surface area contributed by atoms with Gasteiger partial charge in [0.05, 0.1) is 12.5 Å². The summed E-state index contributed by atoms with van der Waals surface area (Å²) in [6.45, 7) is 2.73. The third kappa shape index (κ3) is 2.40. The Morgan fingerprint density at radius 3 is 2.79 bits per heavy atom. The van der Waals surface area contributed by atoms with E-state index >= 15 is 0 Å². The second-order valence-electron chi connectivity index (χ2n) is 3.37. The summed E-state index contributed by atoms with van der Waals surface area (Å²) < 4.78 is 0. The van der Waals surface area contributed by atoms with Gasteiger partial charge in [-0.15, -0.1) is 0 Å². The van der Waals surface area contributed by atoms with E-state index in [0.29, 0.717) is 6.42 Å². The van der Waals surface area contributed by atoms with E-state index in [2.05, 4.69) is 11.0 Å². The molecule has 14 heavy (non-hydrogen) atoms. The van der Waals surface area contributed by atoms with Crippen molar-refractivity contribution in [3.63, 3.8) is 0 Å². The van der Waals surface area contributed by atoms with Gasteiger partial charge in [-0.2, -0.15) is 5.26 Å². The molecule has 2 N–H and O–H groups in total. The Morgan fingerprint density at radius 1 is 1.50 bits per heavy atom. The van der Waals surface area contributed by atoms with Crippen molar-refractivity contribution in [2.45, 2.75) is 13.3 Å². The van der Waals surface area contributed by atoms with Gasteiger partial charge in [-0.1, -0.05) is 0 Å². The molecule has 0 unspecified atom stereocenters. The van der Waals surface area contributed by atoms with Gasteiger partial charge in [0, 0.05) is 25.0 Å². The van der Waals surface area contributed by atoms with Crippen molar-refractivity contribution in [2.75, 3.05) is 24.2 Å². The van der Waals surface area contributed by atoms with Gasteiger partial charge in [-0.05, 0) is 30.7 Å². The molecule has 0 aliphatic rings. The smallest absolute Gasteiger partial charge is 0.0640 e. The SMILES string of the molecule is Cc1cc(N(C)CCC#N)ccc1N. The molecule has 0 saturated heterocycles. The maximum Gasteiger partial charge on any atom is 0.0640 e. The van der Waals surface area contributed by atoms with E-state index in [1.807, 2.05) is 32.2 Å². The van der Waals surface area contributed by atoms with Crippen LogP contribution in [0.4, 0.5) is 11.4 Å². The number of aryl methyl sites for hydroxylation is 1. The first-order valence-corrected chi connectivity index (χ1v) is 4.59. The molecule has 74 valence electrons. The second kappa shape index (κ2) is 4.52. The first-order chi connectivity index (χ1) is 6.65. The van der Waals surface area contributed by atoms with Gasteiger partial charge in [0.25, 0.3) is 0 Å². The van der Waals surface area contributed by atoms with Crippen molar-refractivity contribution in [3.05, 3.63) is 23.8 Å². The van der Waals surface area contributed by atoms with Gasteiger partial charge < -0.3 is 10.6 Å². The highest BCUT2D eigenvalue weighted by atomic mass is 15.1. The molecule has 1 aromatic carbocycles. The first kappa shape index (κ1) is 10.4. The quantitative estimate of drug-likeness (QED) is 0.739. The second-order valence-corrected chi connectivity index (χ2v) is 3.37. The fourth-order valence-electron chi connectivity index (χ4n) is 1.24. The van der Waals surface area contributed by atoms with Crippen LogP contribution in [0.2, 0.25) is 0 Å². The molecule has 1 rings (SSSR count). The summed E-state index contributed by atoms with van der Waals surface area (Å²) in [6, 6.07) is 8.03. The molecule has 0 heterocycles. The van der Waals surface area contributed by atoms with E-state index in [-0.39, 0.29) is 0 Å². The van der Waals surface area contributed by atoms with Crippen LogP contribution < -0.4 is 10.6 Å². The highest BCUT2D eigenvalue weighted by Crippen LogP contribution is 2.19. The Hall–Kier alpha value is -1.69. The maximum absolute atomic E-state index is 8.46. The Morgan fingerprint density at radius 2 is 2.21 bits per heavy atom. The molecular weight excluding hydrogens is 174 g/mol. The van der Waals surface area contributed by atoms with Gasteiger partial charge in [0.1, 0.15) is 0 Å². The highest BCUT2D eigenvalue weighted by molar-refractivity contribution is 5.57. The molecular formula is C11H15N3. The Labute approximate surface area is 84.7 Å². The van der Waals surface area contributed by atoms with Crippen LogP contribution in [0.1, 0.15) is 12.0 Å². The lowest BCUT2D eigenvalue weighted by atomic mass is 10.1. The Bertz CT molecular complexity index is 352.